The molecule has 1 fully saturated rings. The summed E-state index contributed by atoms with van der Waals surface area (Å²) >= 11 is 0. The van der Waals surface area contributed by atoms with Crippen LogP contribution in [0.1, 0.15) is 66.1 Å². The number of pyridine rings is 1. The number of carbonyl (C=O) groups is 1. The average molecular weight is 822 g/mol. The van der Waals surface area contributed by atoms with Crippen molar-refractivity contribution in [3.63, 3.8) is 0 Å². The number of alkyl halides is 5. The summed E-state index contributed by atoms with van der Waals surface area (Å²) < 4.78 is 145. The molecule has 3 heterocycles. The van der Waals surface area contributed by atoms with Gasteiger partial charge in [0.05, 0.1) is 28.9 Å². The molecule has 3 aromatic heterocycles. The lowest BCUT2D eigenvalue weighted by molar-refractivity contribution is -0.142. The molecule has 0 saturated heterocycles. The summed E-state index contributed by atoms with van der Waals surface area (Å²) in [5.74, 6) is -5.28. The molecule has 300 valence electrons. The van der Waals surface area contributed by atoms with Crippen LogP contribution in [0.5, 0.6) is 0 Å². The molecular formula is C37H31F8N7O4S. The molecule has 20 heteroatoms. The van der Waals surface area contributed by atoms with Crippen LogP contribution in [-0.4, -0.2) is 55.8 Å². The van der Waals surface area contributed by atoms with Crippen LogP contribution in [0, 0.1) is 35.2 Å². The third kappa shape index (κ3) is 7.77. The van der Waals surface area contributed by atoms with Gasteiger partial charge in [-0.3, -0.25) is 18.9 Å². The maximum Gasteiger partial charge on any atom is 0.435 e. The first-order valence-corrected chi connectivity index (χ1v) is 19.0. The van der Waals surface area contributed by atoms with E-state index in [4.69, 9.17) is 0 Å². The molecule has 2 aliphatic carbocycles. The molecule has 11 nitrogen and oxygen atoms in total. The van der Waals surface area contributed by atoms with Crippen molar-refractivity contribution in [2.45, 2.75) is 62.9 Å². The van der Waals surface area contributed by atoms with E-state index in [1.165, 1.54) is 43.8 Å². The summed E-state index contributed by atoms with van der Waals surface area (Å²) in [6.07, 6.45) is -4.90. The number of amides is 1. The molecule has 5 aromatic rings. The Morgan fingerprint density at radius 2 is 1.72 bits per heavy atom. The highest BCUT2D eigenvalue weighted by atomic mass is 32.2. The van der Waals surface area contributed by atoms with Crippen LogP contribution in [0.15, 0.2) is 42.5 Å². The van der Waals surface area contributed by atoms with Gasteiger partial charge >= 0.3 is 6.18 Å². The Labute approximate surface area is 319 Å². The molecule has 3 atom stereocenters. The molecule has 1 unspecified atom stereocenters. The number of nitrogens with zero attached hydrogens (tertiary/aromatic N) is 5. The Morgan fingerprint density at radius 3 is 2.35 bits per heavy atom. The number of nitrogens with one attached hydrogen (secondary N) is 2. The van der Waals surface area contributed by atoms with Crippen molar-refractivity contribution in [3.05, 3.63) is 93.8 Å². The van der Waals surface area contributed by atoms with E-state index in [1.54, 1.807) is 0 Å². The number of aryl methyl sites for hydroxylation is 1. The number of sulfonamides is 1. The predicted molar refractivity (Wildman–Crippen MR) is 188 cm³/mol. The van der Waals surface area contributed by atoms with Gasteiger partial charge in [0.2, 0.25) is 15.9 Å². The zero-order chi connectivity index (χ0) is 41.6. The van der Waals surface area contributed by atoms with Gasteiger partial charge in [0.1, 0.15) is 41.0 Å². The Bertz CT molecular complexity index is 2640. The molecule has 1 amide bonds. The Balaban J connectivity index is 1.39. The lowest BCUT2D eigenvalue weighted by atomic mass is 9.93. The van der Waals surface area contributed by atoms with E-state index >= 15 is 13.2 Å². The minimum absolute atomic E-state index is 0.0121. The first-order chi connectivity index (χ1) is 26.4. The zero-order valence-corrected chi connectivity index (χ0v) is 31.1. The standard InChI is InChI=1S/C37H31F8N7O4S/c1-35(2,54)10-9-20-5-6-21(22-7-8-25(40)29-31(22)51(3)49-34(29)50-57(4,55)56)30(46-20)26(13-17-11-18(38)14-19(39)12-17)47-27(53)16-52-33-28(32(48-52)37(43,44)45)23-15-24(23)36(33,41)42/h5-8,11-12,14,23-24,26,54H,13,15-16H2,1-4H3,(H,47,53)(H,49,50)/t23-,24?,26-/m0/s1. The minimum atomic E-state index is -5.10. The van der Waals surface area contributed by atoms with Crippen molar-refractivity contribution in [2.24, 2.45) is 13.0 Å². The van der Waals surface area contributed by atoms with E-state index < -0.39 is 98.9 Å². The zero-order valence-electron chi connectivity index (χ0n) is 30.2. The van der Waals surface area contributed by atoms with E-state index in [9.17, 15) is 40.3 Å². The first-order valence-electron chi connectivity index (χ1n) is 17.1. The fourth-order valence-corrected chi connectivity index (χ4v) is 7.74. The quantitative estimate of drug-likeness (QED) is 0.121. The maximum atomic E-state index is 15.5. The highest BCUT2D eigenvalue weighted by Crippen LogP contribution is 2.68. The molecule has 7 rings (SSSR count). The number of halogens is 8. The fraction of sp³-hybridized carbons (Fsp3) is 0.351. The molecule has 1 saturated carbocycles. The van der Waals surface area contributed by atoms with Crippen molar-refractivity contribution < 1.29 is 53.4 Å². The predicted octanol–water partition coefficient (Wildman–Crippen LogP) is 6.07. The van der Waals surface area contributed by atoms with Gasteiger partial charge in [-0.2, -0.15) is 32.1 Å². The number of benzene rings is 2. The van der Waals surface area contributed by atoms with Gasteiger partial charge in [-0.15, -0.1) is 0 Å². The Hall–Kier alpha value is -5.55. The first kappa shape index (κ1) is 39.7. The molecule has 0 aliphatic heterocycles. The SMILES string of the molecule is Cn1nc(NS(C)(=O)=O)c2c(F)ccc(-c3ccc(C#CC(C)(C)O)nc3[C@H](Cc3cc(F)cc(F)c3)NC(=O)Cn3nc(C(F)(F)F)c4c3C(F)(F)C3C[C@H]43)c21. The summed E-state index contributed by atoms with van der Waals surface area (Å²) in [6.45, 7) is 1.65. The van der Waals surface area contributed by atoms with E-state index in [0.717, 1.165) is 24.5 Å². The fourth-order valence-electron chi connectivity index (χ4n) is 7.25. The van der Waals surface area contributed by atoms with Gasteiger partial charge < -0.3 is 10.4 Å². The van der Waals surface area contributed by atoms with Gasteiger partial charge in [-0.05, 0) is 80.5 Å². The third-order valence-electron chi connectivity index (χ3n) is 9.45. The third-order valence-corrected chi connectivity index (χ3v) is 10.0. The van der Waals surface area contributed by atoms with Crippen LogP contribution in [0.2, 0.25) is 0 Å². The number of hydrogen-bond acceptors (Lipinski definition) is 7. The second-order valence-corrected chi connectivity index (χ2v) is 16.3. The molecular weight excluding hydrogens is 791 g/mol. The summed E-state index contributed by atoms with van der Waals surface area (Å²) in [5.41, 5.74) is -4.63. The van der Waals surface area contributed by atoms with Crippen LogP contribution in [0.3, 0.4) is 0 Å². The number of rotatable bonds is 9. The number of aliphatic hydroxyl groups is 1. The summed E-state index contributed by atoms with van der Waals surface area (Å²) in [7, 11) is -2.57. The molecule has 2 aromatic carbocycles. The molecule has 3 N–H and O–H groups in total. The summed E-state index contributed by atoms with van der Waals surface area (Å²) in [4.78, 5) is 18.5. The average Bonchev–Trinajstić information content (AvgIpc) is 3.61. The van der Waals surface area contributed by atoms with Crippen LogP contribution >= 0.6 is 0 Å². The molecule has 0 bridgehead atoms. The van der Waals surface area contributed by atoms with Gasteiger partial charge in [-0.1, -0.05) is 5.92 Å². The monoisotopic (exact) mass is 821 g/mol. The number of anilines is 1. The molecule has 2 aliphatic rings. The van der Waals surface area contributed by atoms with Gasteiger partial charge in [-0.25, -0.2) is 26.6 Å². The topological polar surface area (TPSA) is 144 Å². The Kier molecular flexibility index (Phi) is 9.43. The van der Waals surface area contributed by atoms with Crippen LogP contribution in [0.4, 0.5) is 40.9 Å². The summed E-state index contributed by atoms with van der Waals surface area (Å²) in [6, 6.07) is 6.17. The van der Waals surface area contributed by atoms with Gasteiger partial charge in [0, 0.05) is 35.7 Å². The van der Waals surface area contributed by atoms with Gasteiger partial charge in [0.15, 0.2) is 11.5 Å². The van der Waals surface area contributed by atoms with Crippen molar-refractivity contribution in [1.82, 2.24) is 29.9 Å². The highest BCUT2D eigenvalue weighted by Gasteiger charge is 2.68. The number of carbonyl (C=O) groups excluding carboxylic acids is 1. The van der Waals surface area contributed by atoms with Crippen molar-refractivity contribution in [1.29, 1.82) is 0 Å². The van der Waals surface area contributed by atoms with Crippen molar-refractivity contribution in [3.8, 4) is 23.0 Å². The second-order valence-electron chi connectivity index (χ2n) is 14.5. The highest BCUT2D eigenvalue weighted by molar-refractivity contribution is 7.92. The van der Waals surface area contributed by atoms with Crippen molar-refractivity contribution in [2.75, 3.05) is 11.0 Å². The second kappa shape index (κ2) is 13.5. The lowest BCUT2D eigenvalue weighted by Gasteiger charge is -2.23. The molecule has 0 spiro atoms. The largest absolute Gasteiger partial charge is 0.435 e. The van der Waals surface area contributed by atoms with Crippen molar-refractivity contribution >= 4 is 32.7 Å². The smallest absolute Gasteiger partial charge is 0.378 e. The number of fused-ring (bicyclic) bond motifs is 4. The van der Waals surface area contributed by atoms with E-state index in [0.29, 0.717) is 10.7 Å². The van der Waals surface area contributed by atoms with E-state index in [-0.39, 0.29) is 51.2 Å². The minimum Gasteiger partial charge on any atom is -0.378 e. The maximum absolute atomic E-state index is 15.5. The Morgan fingerprint density at radius 1 is 1.05 bits per heavy atom. The molecule has 57 heavy (non-hydrogen) atoms. The van der Waals surface area contributed by atoms with Crippen LogP contribution in [0.25, 0.3) is 22.0 Å². The molecule has 0 radical (unpaired) electrons. The number of aromatic nitrogens is 5. The normalized spacial score (nSPS) is 17.8. The lowest BCUT2D eigenvalue weighted by Crippen LogP contribution is -2.35. The van der Waals surface area contributed by atoms with Crippen LogP contribution in [-0.2, 0) is 46.9 Å². The van der Waals surface area contributed by atoms with Crippen LogP contribution < -0.4 is 10.0 Å². The van der Waals surface area contributed by atoms with E-state index in [2.05, 4.69) is 37.1 Å². The van der Waals surface area contributed by atoms with E-state index in [1.807, 2.05) is 0 Å². The summed E-state index contributed by atoms with van der Waals surface area (Å²) in [5, 5.41) is 20.1. The number of hydrogen-bond donors (Lipinski definition) is 3. The van der Waals surface area contributed by atoms with Gasteiger partial charge in [0.25, 0.3) is 5.92 Å².